The van der Waals surface area contributed by atoms with Crippen molar-refractivity contribution in [1.82, 2.24) is 10.6 Å². The number of rotatable bonds is 5. The van der Waals surface area contributed by atoms with Gasteiger partial charge in [0.2, 0.25) is 0 Å². The molecule has 0 spiro atoms. The molecule has 2 unspecified atom stereocenters. The van der Waals surface area contributed by atoms with Crippen molar-refractivity contribution in [2.75, 3.05) is 24.6 Å². The molecular weight excluding hydrogens is 306 g/mol. The van der Waals surface area contributed by atoms with Crippen LogP contribution in [0.3, 0.4) is 0 Å². The number of guanidine groups is 1. The standard InChI is InChI=1S/C14H23N3O2S2/c1-3-15-14(17-13-5-7-21(18,19)10-13)16-8-11(2)12-4-6-20-9-12/h4,6,9,11,13H,3,5,7-8,10H2,1-2H3,(H2,15,16,17). The van der Waals surface area contributed by atoms with Gasteiger partial charge in [-0.1, -0.05) is 6.92 Å². The number of hydrogen-bond acceptors (Lipinski definition) is 4. The third-order valence-corrected chi connectivity index (χ3v) is 6.02. The van der Waals surface area contributed by atoms with Crippen LogP contribution in [-0.4, -0.2) is 45.0 Å². The largest absolute Gasteiger partial charge is 0.357 e. The van der Waals surface area contributed by atoms with E-state index in [1.54, 1.807) is 11.3 Å². The van der Waals surface area contributed by atoms with E-state index in [1.165, 1.54) is 5.56 Å². The fraction of sp³-hybridized carbons (Fsp3) is 0.643. The van der Waals surface area contributed by atoms with Crippen LogP contribution in [0.5, 0.6) is 0 Å². The summed E-state index contributed by atoms with van der Waals surface area (Å²) in [6.07, 6.45) is 0.660. The lowest BCUT2D eigenvalue weighted by Gasteiger charge is -2.16. The van der Waals surface area contributed by atoms with Gasteiger partial charge in [-0.25, -0.2) is 8.42 Å². The predicted molar refractivity (Wildman–Crippen MR) is 88.9 cm³/mol. The van der Waals surface area contributed by atoms with Crippen molar-refractivity contribution in [3.05, 3.63) is 22.4 Å². The summed E-state index contributed by atoms with van der Waals surface area (Å²) in [5.74, 6) is 1.55. The van der Waals surface area contributed by atoms with Crippen molar-refractivity contribution in [2.24, 2.45) is 4.99 Å². The minimum atomic E-state index is -2.87. The van der Waals surface area contributed by atoms with Crippen LogP contribution < -0.4 is 10.6 Å². The van der Waals surface area contributed by atoms with E-state index >= 15 is 0 Å². The molecule has 118 valence electrons. The van der Waals surface area contributed by atoms with Crippen molar-refractivity contribution < 1.29 is 8.42 Å². The number of aliphatic imine (C=N–C) groups is 1. The summed E-state index contributed by atoms with van der Waals surface area (Å²) in [6.45, 7) is 5.60. The highest BCUT2D eigenvalue weighted by Crippen LogP contribution is 2.18. The van der Waals surface area contributed by atoms with Gasteiger partial charge in [-0.2, -0.15) is 11.3 Å². The van der Waals surface area contributed by atoms with Gasteiger partial charge in [-0.3, -0.25) is 4.99 Å². The molecule has 1 fully saturated rings. The molecular formula is C14H23N3O2S2. The van der Waals surface area contributed by atoms with E-state index in [-0.39, 0.29) is 17.5 Å². The lowest BCUT2D eigenvalue weighted by molar-refractivity contribution is 0.599. The fourth-order valence-corrected chi connectivity index (χ4v) is 4.77. The summed E-state index contributed by atoms with van der Waals surface area (Å²) in [6, 6.07) is 2.10. The molecule has 2 heterocycles. The number of nitrogens with zero attached hydrogens (tertiary/aromatic N) is 1. The summed E-state index contributed by atoms with van der Waals surface area (Å²) in [7, 11) is -2.87. The van der Waals surface area contributed by atoms with Crippen molar-refractivity contribution in [3.8, 4) is 0 Å². The van der Waals surface area contributed by atoms with Gasteiger partial charge in [0.1, 0.15) is 0 Å². The zero-order valence-corrected chi connectivity index (χ0v) is 14.1. The Labute approximate surface area is 130 Å². The van der Waals surface area contributed by atoms with Gasteiger partial charge in [0.05, 0.1) is 11.5 Å². The third kappa shape index (κ3) is 5.00. The Kier molecular flexibility index (Phi) is 5.64. The first-order chi connectivity index (χ1) is 10.00. The highest BCUT2D eigenvalue weighted by atomic mass is 32.2. The van der Waals surface area contributed by atoms with E-state index in [0.29, 0.717) is 24.8 Å². The summed E-state index contributed by atoms with van der Waals surface area (Å²) >= 11 is 1.69. The van der Waals surface area contributed by atoms with Crippen molar-refractivity contribution in [2.45, 2.75) is 32.2 Å². The molecule has 2 rings (SSSR count). The van der Waals surface area contributed by atoms with E-state index < -0.39 is 9.84 Å². The summed E-state index contributed by atoms with van der Waals surface area (Å²) in [5.41, 5.74) is 1.29. The Bertz CT molecular complexity index is 567. The van der Waals surface area contributed by atoms with E-state index in [4.69, 9.17) is 0 Å². The number of sulfone groups is 1. The molecule has 2 N–H and O–H groups in total. The third-order valence-electron chi connectivity index (χ3n) is 3.55. The van der Waals surface area contributed by atoms with Crippen molar-refractivity contribution in [3.63, 3.8) is 0 Å². The second-order valence-corrected chi connectivity index (χ2v) is 8.43. The maximum Gasteiger partial charge on any atom is 0.191 e. The van der Waals surface area contributed by atoms with Crippen LogP contribution in [0.2, 0.25) is 0 Å². The molecule has 1 saturated heterocycles. The maximum absolute atomic E-state index is 11.5. The van der Waals surface area contributed by atoms with Gasteiger partial charge in [-0.05, 0) is 35.7 Å². The molecule has 1 aliphatic heterocycles. The second-order valence-electron chi connectivity index (χ2n) is 5.42. The molecule has 7 heteroatoms. The Morgan fingerprint density at radius 1 is 1.57 bits per heavy atom. The average molecular weight is 329 g/mol. The van der Waals surface area contributed by atoms with Gasteiger partial charge < -0.3 is 10.6 Å². The summed E-state index contributed by atoms with van der Waals surface area (Å²) in [4.78, 5) is 4.58. The summed E-state index contributed by atoms with van der Waals surface area (Å²) in [5, 5.41) is 10.6. The number of hydrogen-bond donors (Lipinski definition) is 2. The van der Waals surface area contributed by atoms with Gasteiger partial charge in [0, 0.05) is 25.0 Å². The maximum atomic E-state index is 11.5. The van der Waals surface area contributed by atoms with Crippen LogP contribution in [0, 0.1) is 0 Å². The molecule has 0 aliphatic carbocycles. The van der Waals surface area contributed by atoms with E-state index in [1.807, 2.05) is 6.92 Å². The lowest BCUT2D eigenvalue weighted by Crippen LogP contribution is -2.44. The molecule has 1 aromatic heterocycles. The molecule has 0 aromatic carbocycles. The fourth-order valence-electron chi connectivity index (χ4n) is 2.31. The van der Waals surface area contributed by atoms with Crippen LogP contribution >= 0.6 is 11.3 Å². The Balaban J connectivity index is 1.93. The van der Waals surface area contributed by atoms with Gasteiger partial charge >= 0.3 is 0 Å². The molecule has 2 atom stereocenters. The van der Waals surface area contributed by atoms with Crippen LogP contribution in [-0.2, 0) is 9.84 Å². The first kappa shape index (κ1) is 16.3. The molecule has 5 nitrogen and oxygen atoms in total. The van der Waals surface area contributed by atoms with Crippen LogP contribution in [0.25, 0.3) is 0 Å². The number of nitrogens with one attached hydrogen (secondary N) is 2. The topological polar surface area (TPSA) is 70.6 Å². The minimum Gasteiger partial charge on any atom is -0.357 e. The highest BCUT2D eigenvalue weighted by Gasteiger charge is 2.28. The molecule has 1 aliphatic rings. The lowest BCUT2D eigenvalue weighted by atomic mass is 10.1. The summed E-state index contributed by atoms with van der Waals surface area (Å²) < 4.78 is 23.0. The minimum absolute atomic E-state index is 0.0238. The molecule has 1 aromatic rings. The zero-order chi connectivity index (χ0) is 15.3. The number of thiophene rings is 1. The monoisotopic (exact) mass is 329 g/mol. The quantitative estimate of drug-likeness (QED) is 0.636. The van der Waals surface area contributed by atoms with Gasteiger partial charge in [0.25, 0.3) is 0 Å². The van der Waals surface area contributed by atoms with Crippen molar-refractivity contribution in [1.29, 1.82) is 0 Å². The van der Waals surface area contributed by atoms with E-state index in [0.717, 1.165) is 6.54 Å². The van der Waals surface area contributed by atoms with Gasteiger partial charge in [-0.15, -0.1) is 0 Å². The molecule has 21 heavy (non-hydrogen) atoms. The normalized spacial score (nSPS) is 23.0. The zero-order valence-electron chi connectivity index (χ0n) is 12.5. The van der Waals surface area contributed by atoms with Crippen LogP contribution in [0.1, 0.15) is 31.7 Å². The first-order valence-corrected chi connectivity index (χ1v) is 10.0. The highest BCUT2D eigenvalue weighted by molar-refractivity contribution is 7.91. The molecule has 0 radical (unpaired) electrons. The molecule has 0 bridgehead atoms. The van der Waals surface area contributed by atoms with Gasteiger partial charge in [0.15, 0.2) is 15.8 Å². The van der Waals surface area contributed by atoms with E-state index in [9.17, 15) is 8.42 Å². The van der Waals surface area contributed by atoms with E-state index in [2.05, 4.69) is 39.4 Å². The van der Waals surface area contributed by atoms with Crippen LogP contribution in [0.4, 0.5) is 0 Å². The van der Waals surface area contributed by atoms with Crippen molar-refractivity contribution >= 4 is 27.1 Å². The predicted octanol–water partition coefficient (Wildman–Crippen LogP) is 1.59. The molecule has 0 amide bonds. The average Bonchev–Trinajstić information content (AvgIpc) is 3.05. The molecule has 0 saturated carbocycles. The van der Waals surface area contributed by atoms with Crippen LogP contribution in [0.15, 0.2) is 21.8 Å². The Morgan fingerprint density at radius 2 is 2.38 bits per heavy atom. The smallest absolute Gasteiger partial charge is 0.191 e. The Morgan fingerprint density at radius 3 is 2.95 bits per heavy atom. The Hall–Kier alpha value is -1.08. The SMILES string of the molecule is CCNC(=NCC(C)c1ccsc1)NC1CCS(=O)(=O)C1. The first-order valence-electron chi connectivity index (χ1n) is 7.27. The second kappa shape index (κ2) is 7.26.